The summed E-state index contributed by atoms with van der Waals surface area (Å²) in [4.78, 5) is 44.4. The number of esters is 1. The maximum absolute atomic E-state index is 14.0. The molecule has 0 saturated carbocycles. The van der Waals surface area contributed by atoms with Gasteiger partial charge in [0.2, 0.25) is 11.8 Å². The van der Waals surface area contributed by atoms with Gasteiger partial charge in [0.1, 0.15) is 17.6 Å². The number of unbranched alkanes of at least 4 members (excludes halogenated alkanes) is 1. The first-order valence-electron chi connectivity index (χ1n) is 12.6. The zero-order valence-corrected chi connectivity index (χ0v) is 20.8. The van der Waals surface area contributed by atoms with Gasteiger partial charge in [-0.05, 0) is 39.0 Å². The van der Waals surface area contributed by atoms with E-state index in [-0.39, 0.29) is 25.0 Å². The van der Waals surface area contributed by atoms with Gasteiger partial charge in [0.15, 0.2) is 0 Å². The summed E-state index contributed by atoms with van der Waals surface area (Å²) in [7, 11) is 0. The molecule has 3 rings (SSSR count). The molecule has 2 bridgehead atoms. The van der Waals surface area contributed by atoms with Crippen molar-refractivity contribution in [3.63, 3.8) is 0 Å². The van der Waals surface area contributed by atoms with Crippen molar-refractivity contribution in [2.75, 3.05) is 26.3 Å². The van der Waals surface area contributed by atoms with Crippen molar-refractivity contribution in [1.29, 1.82) is 0 Å². The van der Waals surface area contributed by atoms with Crippen LogP contribution < -0.4 is 0 Å². The van der Waals surface area contributed by atoms with Crippen LogP contribution in [0.25, 0.3) is 0 Å². The van der Waals surface area contributed by atoms with Gasteiger partial charge >= 0.3 is 5.97 Å². The van der Waals surface area contributed by atoms with E-state index in [1.165, 1.54) is 4.90 Å². The molecule has 34 heavy (non-hydrogen) atoms. The summed E-state index contributed by atoms with van der Waals surface area (Å²) in [6.45, 7) is 14.0. The summed E-state index contributed by atoms with van der Waals surface area (Å²) in [6, 6.07) is -1.49. The standard InChI is InChI=1S/C26H40N2O6/c1-6-10-15-27(14-8-3)23(31)21-26-13-12-25(9-4,34-26)20(24(32)33-16-11-7-2)19(26)22(30)28(21)18(5)17-29/h7-8,18-21,29H,2-3,6,9-17H2,1,4-5H3/t18-,19+,20+,21?,25-,26?/m1/s1. The van der Waals surface area contributed by atoms with Gasteiger partial charge in [-0.25, -0.2) is 0 Å². The van der Waals surface area contributed by atoms with E-state index >= 15 is 0 Å². The lowest BCUT2D eigenvalue weighted by atomic mass is 9.65. The number of carbonyl (C=O) groups is 3. The molecule has 6 atom stereocenters. The molecule has 8 heteroatoms. The number of carbonyl (C=O) groups excluding carboxylic acids is 3. The van der Waals surface area contributed by atoms with Gasteiger partial charge in [0.25, 0.3) is 0 Å². The Labute approximate surface area is 202 Å². The molecule has 2 unspecified atom stereocenters. The number of ether oxygens (including phenoxy) is 2. The quantitative estimate of drug-likeness (QED) is 0.249. The van der Waals surface area contributed by atoms with Crippen molar-refractivity contribution in [2.45, 2.75) is 82.6 Å². The Bertz CT molecular complexity index is 815. The third-order valence-corrected chi connectivity index (χ3v) is 7.85. The lowest BCUT2D eigenvalue weighted by Gasteiger charge is -2.38. The fourth-order valence-corrected chi connectivity index (χ4v) is 6.16. The summed E-state index contributed by atoms with van der Waals surface area (Å²) in [5.41, 5.74) is -1.94. The second kappa shape index (κ2) is 10.6. The minimum Gasteiger partial charge on any atom is -0.465 e. The molecule has 1 spiro atoms. The summed E-state index contributed by atoms with van der Waals surface area (Å²) in [6.07, 6.45) is 7.25. The summed E-state index contributed by atoms with van der Waals surface area (Å²) in [5, 5.41) is 9.96. The molecule has 0 aromatic carbocycles. The second-order valence-electron chi connectivity index (χ2n) is 9.78. The monoisotopic (exact) mass is 476 g/mol. The predicted octanol–water partition coefficient (Wildman–Crippen LogP) is 2.46. The number of rotatable bonds is 13. The number of aliphatic hydroxyl groups is 1. The smallest absolute Gasteiger partial charge is 0.312 e. The maximum atomic E-state index is 14.0. The van der Waals surface area contributed by atoms with Gasteiger partial charge in [-0.3, -0.25) is 14.4 Å². The Hall–Kier alpha value is -2.19. The molecule has 3 saturated heterocycles. The molecule has 3 heterocycles. The Morgan fingerprint density at radius 2 is 2.06 bits per heavy atom. The first kappa shape index (κ1) is 26.4. The molecule has 0 radical (unpaired) electrons. The van der Waals surface area contributed by atoms with Gasteiger partial charge in [0, 0.05) is 13.1 Å². The lowest BCUT2D eigenvalue weighted by molar-refractivity contribution is -0.163. The number of amides is 2. The minimum atomic E-state index is -1.11. The molecule has 1 N–H and O–H groups in total. The third-order valence-electron chi connectivity index (χ3n) is 7.85. The highest BCUT2D eigenvalue weighted by Gasteiger charge is 2.79. The Morgan fingerprint density at radius 1 is 1.32 bits per heavy atom. The lowest BCUT2D eigenvalue weighted by Crippen LogP contribution is -2.58. The second-order valence-corrected chi connectivity index (χ2v) is 9.78. The molecular weight excluding hydrogens is 436 g/mol. The number of aliphatic hydroxyl groups excluding tert-OH is 1. The molecule has 8 nitrogen and oxygen atoms in total. The molecule has 0 aromatic rings. The molecular formula is C26H40N2O6. The topological polar surface area (TPSA) is 96.4 Å². The van der Waals surface area contributed by atoms with E-state index in [1.807, 2.05) is 6.92 Å². The maximum Gasteiger partial charge on any atom is 0.312 e. The highest BCUT2D eigenvalue weighted by molar-refractivity contribution is 5.98. The fourth-order valence-electron chi connectivity index (χ4n) is 6.16. The van der Waals surface area contributed by atoms with E-state index in [0.717, 1.165) is 12.8 Å². The van der Waals surface area contributed by atoms with Crippen LogP contribution in [0.4, 0.5) is 0 Å². The van der Waals surface area contributed by atoms with E-state index in [2.05, 4.69) is 20.1 Å². The zero-order valence-electron chi connectivity index (χ0n) is 20.8. The summed E-state index contributed by atoms with van der Waals surface area (Å²) in [5.74, 6) is -2.57. The SMILES string of the molecule is C=CCCOC(=O)[C@@H]1[C@H]2C(=O)N([C@H](C)CO)C(C(=O)N(CC=C)CCCC)C23CC[C@@]1(CC)O3. The average molecular weight is 477 g/mol. The largest absolute Gasteiger partial charge is 0.465 e. The first-order chi connectivity index (χ1) is 16.3. The summed E-state index contributed by atoms with van der Waals surface area (Å²) >= 11 is 0. The van der Waals surface area contributed by atoms with Gasteiger partial charge < -0.3 is 24.4 Å². The van der Waals surface area contributed by atoms with Crippen molar-refractivity contribution in [2.24, 2.45) is 11.8 Å². The minimum absolute atomic E-state index is 0.190. The van der Waals surface area contributed by atoms with Crippen LogP contribution in [0.3, 0.4) is 0 Å². The Kier molecular flexibility index (Phi) is 8.24. The van der Waals surface area contributed by atoms with Crippen molar-refractivity contribution >= 4 is 17.8 Å². The summed E-state index contributed by atoms with van der Waals surface area (Å²) < 4.78 is 12.2. The van der Waals surface area contributed by atoms with E-state index in [9.17, 15) is 19.5 Å². The van der Waals surface area contributed by atoms with Crippen LogP contribution in [0.5, 0.6) is 0 Å². The van der Waals surface area contributed by atoms with E-state index in [4.69, 9.17) is 9.47 Å². The average Bonchev–Trinajstić information content (AvgIpc) is 3.44. The van der Waals surface area contributed by atoms with Crippen LogP contribution in [0.1, 0.15) is 59.3 Å². The van der Waals surface area contributed by atoms with Crippen LogP contribution in [0.2, 0.25) is 0 Å². The predicted molar refractivity (Wildman–Crippen MR) is 128 cm³/mol. The highest BCUT2D eigenvalue weighted by Crippen LogP contribution is 2.64. The van der Waals surface area contributed by atoms with Gasteiger partial charge in [-0.2, -0.15) is 0 Å². The van der Waals surface area contributed by atoms with Crippen molar-refractivity contribution in [1.82, 2.24) is 9.80 Å². The number of likely N-dealkylation sites (tertiary alicyclic amines) is 1. The molecule has 3 aliphatic heterocycles. The molecule has 190 valence electrons. The van der Waals surface area contributed by atoms with Crippen LogP contribution in [-0.4, -0.2) is 82.3 Å². The van der Waals surface area contributed by atoms with E-state index in [1.54, 1.807) is 24.0 Å². The van der Waals surface area contributed by atoms with Gasteiger partial charge in [-0.1, -0.05) is 32.4 Å². The van der Waals surface area contributed by atoms with Crippen LogP contribution in [-0.2, 0) is 23.9 Å². The van der Waals surface area contributed by atoms with Crippen LogP contribution in [0.15, 0.2) is 25.3 Å². The Balaban J connectivity index is 2.05. The highest BCUT2D eigenvalue weighted by atomic mass is 16.6. The number of hydrogen-bond donors (Lipinski definition) is 1. The van der Waals surface area contributed by atoms with Crippen molar-refractivity contribution in [3.8, 4) is 0 Å². The normalized spacial score (nSPS) is 32.4. The third kappa shape index (κ3) is 4.09. The molecule has 0 aromatic heterocycles. The van der Waals surface area contributed by atoms with Crippen molar-refractivity contribution in [3.05, 3.63) is 25.3 Å². The number of nitrogens with zero attached hydrogens (tertiary/aromatic N) is 2. The van der Waals surface area contributed by atoms with Gasteiger partial charge in [-0.15, -0.1) is 13.2 Å². The number of fused-ring (bicyclic) bond motifs is 1. The first-order valence-corrected chi connectivity index (χ1v) is 12.6. The molecule has 2 amide bonds. The fraction of sp³-hybridized carbons (Fsp3) is 0.731. The Morgan fingerprint density at radius 3 is 2.65 bits per heavy atom. The van der Waals surface area contributed by atoms with E-state index in [0.29, 0.717) is 38.8 Å². The van der Waals surface area contributed by atoms with E-state index < -0.39 is 41.1 Å². The molecule has 3 aliphatic rings. The molecule has 3 fully saturated rings. The number of hydrogen-bond acceptors (Lipinski definition) is 6. The molecule has 0 aliphatic carbocycles. The van der Waals surface area contributed by atoms with Crippen LogP contribution in [0, 0.1) is 11.8 Å². The van der Waals surface area contributed by atoms with Crippen LogP contribution >= 0.6 is 0 Å². The zero-order chi connectivity index (χ0) is 25.1. The van der Waals surface area contributed by atoms with Crippen molar-refractivity contribution < 1.29 is 29.0 Å². The van der Waals surface area contributed by atoms with Gasteiger partial charge in [0.05, 0.1) is 30.8 Å².